The van der Waals surface area contributed by atoms with Crippen molar-refractivity contribution in [2.45, 2.75) is 32.7 Å². The molecule has 0 aromatic carbocycles. The number of amides is 1. The van der Waals surface area contributed by atoms with Gasteiger partial charge in [0.25, 0.3) is 5.91 Å². The van der Waals surface area contributed by atoms with Crippen molar-refractivity contribution in [1.82, 2.24) is 9.88 Å². The second-order valence-electron chi connectivity index (χ2n) is 5.13. The summed E-state index contributed by atoms with van der Waals surface area (Å²) in [6.45, 7) is 4.85. The maximum atomic E-state index is 14.1. The number of halogens is 1. The van der Waals surface area contributed by atoms with Crippen LogP contribution in [0, 0.1) is 11.7 Å². The van der Waals surface area contributed by atoms with Gasteiger partial charge in [0.05, 0.1) is 5.56 Å². The molecule has 2 heterocycles. The number of likely N-dealkylation sites (tertiary alicyclic amines) is 1. The summed E-state index contributed by atoms with van der Waals surface area (Å²) >= 11 is 0. The number of pyridine rings is 1. The number of aromatic nitrogens is 1. The van der Waals surface area contributed by atoms with E-state index in [-0.39, 0.29) is 23.3 Å². The Labute approximate surface area is 113 Å². The summed E-state index contributed by atoms with van der Waals surface area (Å²) in [6, 6.07) is 1.59. The number of nitrogens with zero attached hydrogens (tertiary/aromatic N) is 2. The molecule has 1 aromatic heterocycles. The molecule has 1 amide bonds. The van der Waals surface area contributed by atoms with Crippen LogP contribution in [0.25, 0.3) is 0 Å². The van der Waals surface area contributed by atoms with Crippen molar-refractivity contribution in [3.05, 3.63) is 23.6 Å². The molecule has 1 aliphatic rings. The lowest BCUT2D eigenvalue weighted by Crippen LogP contribution is -2.46. The van der Waals surface area contributed by atoms with E-state index in [1.807, 2.05) is 6.92 Å². The second-order valence-corrected chi connectivity index (χ2v) is 5.13. The topological polar surface area (TPSA) is 45.2 Å². The van der Waals surface area contributed by atoms with Crippen LogP contribution in [0.15, 0.2) is 12.3 Å². The molecule has 1 fully saturated rings. The quantitative estimate of drug-likeness (QED) is 0.893. The summed E-state index contributed by atoms with van der Waals surface area (Å²) in [4.78, 5) is 18.1. The first-order valence-corrected chi connectivity index (χ1v) is 6.69. The minimum absolute atomic E-state index is 0.0975. The zero-order chi connectivity index (χ0) is 14.0. The fourth-order valence-electron chi connectivity index (χ4n) is 2.56. The maximum Gasteiger partial charge on any atom is 0.257 e. The monoisotopic (exact) mass is 265 g/mol. The van der Waals surface area contributed by atoms with Crippen LogP contribution < -0.4 is 5.32 Å². The third-order valence-corrected chi connectivity index (χ3v) is 3.99. The molecule has 1 saturated heterocycles. The van der Waals surface area contributed by atoms with Gasteiger partial charge in [-0.15, -0.1) is 0 Å². The van der Waals surface area contributed by atoms with Crippen LogP contribution in [-0.4, -0.2) is 35.4 Å². The third kappa shape index (κ3) is 2.55. The van der Waals surface area contributed by atoms with Gasteiger partial charge in [0, 0.05) is 25.8 Å². The number of anilines is 1. The molecule has 2 rings (SSSR count). The highest BCUT2D eigenvalue weighted by molar-refractivity contribution is 5.95. The number of carbonyl (C=O) groups excluding carboxylic acids is 1. The van der Waals surface area contributed by atoms with Gasteiger partial charge in [0.15, 0.2) is 11.6 Å². The van der Waals surface area contributed by atoms with E-state index in [0.717, 1.165) is 12.8 Å². The van der Waals surface area contributed by atoms with Gasteiger partial charge < -0.3 is 10.2 Å². The van der Waals surface area contributed by atoms with Gasteiger partial charge >= 0.3 is 0 Å². The molecule has 104 valence electrons. The summed E-state index contributed by atoms with van der Waals surface area (Å²) in [6.07, 6.45) is 3.55. The number of piperidine rings is 1. The lowest BCUT2D eigenvalue weighted by atomic mass is 9.91. The van der Waals surface area contributed by atoms with Crippen molar-refractivity contribution in [2.75, 3.05) is 18.9 Å². The number of hydrogen-bond acceptors (Lipinski definition) is 3. The van der Waals surface area contributed by atoms with Crippen LogP contribution in [0.2, 0.25) is 0 Å². The molecular weight excluding hydrogens is 245 g/mol. The summed E-state index contributed by atoms with van der Waals surface area (Å²) in [5.74, 6) is -0.245. The average molecular weight is 265 g/mol. The Morgan fingerprint density at radius 3 is 2.95 bits per heavy atom. The fourth-order valence-corrected chi connectivity index (χ4v) is 2.56. The highest BCUT2D eigenvalue weighted by Crippen LogP contribution is 2.26. The SMILES string of the molecule is CNc1nccc(C(=O)N2CCCC(C)C2C)c1F. The molecule has 5 heteroatoms. The van der Waals surface area contributed by atoms with Crippen molar-refractivity contribution < 1.29 is 9.18 Å². The van der Waals surface area contributed by atoms with Crippen LogP contribution in [0.4, 0.5) is 10.2 Å². The Morgan fingerprint density at radius 2 is 2.26 bits per heavy atom. The van der Waals surface area contributed by atoms with Gasteiger partial charge in [-0.05, 0) is 31.7 Å². The molecule has 4 nitrogen and oxygen atoms in total. The lowest BCUT2D eigenvalue weighted by Gasteiger charge is -2.38. The fraction of sp³-hybridized carbons (Fsp3) is 0.571. The standard InChI is InChI=1S/C14H20FN3O/c1-9-5-4-8-18(10(9)2)14(19)11-6-7-17-13(16-3)12(11)15/h6-7,9-10H,4-5,8H2,1-3H3,(H,16,17). The van der Waals surface area contributed by atoms with E-state index in [1.165, 1.54) is 12.3 Å². The van der Waals surface area contributed by atoms with Crippen molar-refractivity contribution in [3.8, 4) is 0 Å². The number of hydrogen-bond donors (Lipinski definition) is 1. The molecular formula is C14H20FN3O. The van der Waals surface area contributed by atoms with Gasteiger partial charge in [-0.2, -0.15) is 0 Å². The minimum atomic E-state index is -0.569. The average Bonchev–Trinajstić information content (AvgIpc) is 2.41. The van der Waals surface area contributed by atoms with E-state index in [4.69, 9.17) is 0 Å². The normalized spacial score (nSPS) is 23.3. The predicted molar refractivity (Wildman–Crippen MR) is 72.6 cm³/mol. The molecule has 1 aromatic rings. The van der Waals surface area contributed by atoms with E-state index in [2.05, 4.69) is 17.2 Å². The Morgan fingerprint density at radius 1 is 1.53 bits per heavy atom. The Bertz CT molecular complexity index is 478. The number of carbonyl (C=O) groups is 1. The first-order valence-electron chi connectivity index (χ1n) is 6.69. The molecule has 1 aliphatic heterocycles. The molecule has 0 bridgehead atoms. The van der Waals surface area contributed by atoms with E-state index in [0.29, 0.717) is 12.5 Å². The van der Waals surface area contributed by atoms with Gasteiger partial charge in [-0.3, -0.25) is 4.79 Å². The van der Waals surface area contributed by atoms with Crippen LogP contribution in [0.1, 0.15) is 37.0 Å². The summed E-state index contributed by atoms with van der Waals surface area (Å²) in [7, 11) is 1.59. The Hall–Kier alpha value is -1.65. The van der Waals surface area contributed by atoms with Gasteiger partial charge in [-0.1, -0.05) is 6.92 Å². The largest absolute Gasteiger partial charge is 0.371 e. The molecule has 19 heavy (non-hydrogen) atoms. The summed E-state index contributed by atoms with van der Waals surface area (Å²) in [5.41, 5.74) is 0.0975. The van der Waals surface area contributed by atoms with E-state index < -0.39 is 5.82 Å². The van der Waals surface area contributed by atoms with Crippen LogP contribution >= 0.6 is 0 Å². The Balaban J connectivity index is 2.29. The minimum Gasteiger partial charge on any atom is -0.371 e. The molecule has 0 radical (unpaired) electrons. The Kier molecular flexibility index (Phi) is 4.02. The van der Waals surface area contributed by atoms with E-state index in [1.54, 1.807) is 11.9 Å². The zero-order valence-electron chi connectivity index (χ0n) is 11.6. The molecule has 0 saturated carbocycles. The molecule has 0 spiro atoms. The summed E-state index contributed by atoms with van der Waals surface area (Å²) in [5, 5.41) is 2.66. The van der Waals surface area contributed by atoms with Gasteiger partial charge in [-0.25, -0.2) is 9.37 Å². The van der Waals surface area contributed by atoms with Crippen molar-refractivity contribution in [2.24, 2.45) is 5.92 Å². The number of rotatable bonds is 2. The lowest BCUT2D eigenvalue weighted by molar-refractivity contribution is 0.0546. The van der Waals surface area contributed by atoms with Crippen molar-refractivity contribution in [1.29, 1.82) is 0 Å². The smallest absolute Gasteiger partial charge is 0.257 e. The molecule has 2 atom stereocenters. The van der Waals surface area contributed by atoms with Crippen LogP contribution in [-0.2, 0) is 0 Å². The van der Waals surface area contributed by atoms with Crippen LogP contribution in [0.3, 0.4) is 0 Å². The van der Waals surface area contributed by atoms with Crippen LogP contribution in [0.5, 0.6) is 0 Å². The third-order valence-electron chi connectivity index (χ3n) is 3.99. The van der Waals surface area contributed by atoms with E-state index in [9.17, 15) is 9.18 Å². The van der Waals surface area contributed by atoms with Crippen molar-refractivity contribution >= 4 is 11.7 Å². The summed E-state index contributed by atoms with van der Waals surface area (Å²) < 4.78 is 14.1. The highest BCUT2D eigenvalue weighted by Gasteiger charge is 2.30. The molecule has 0 aliphatic carbocycles. The van der Waals surface area contributed by atoms with Gasteiger partial charge in [0.2, 0.25) is 0 Å². The number of nitrogens with one attached hydrogen (secondary N) is 1. The second kappa shape index (κ2) is 5.55. The molecule has 2 unspecified atom stereocenters. The highest BCUT2D eigenvalue weighted by atomic mass is 19.1. The van der Waals surface area contributed by atoms with E-state index >= 15 is 0 Å². The van der Waals surface area contributed by atoms with Crippen molar-refractivity contribution in [3.63, 3.8) is 0 Å². The maximum absolute atomic E-state index is 14.1. The molecule has 1 N–H and O–H groups in total. The van der Waals surface area contributed by atoms with Gasteiger partial charge in [0.1, 0.15) is 0 Å². The predicted octanol–water partition coefficient (Wildman–Crippen LogP) is 2.52. The first kappa shape index (κ1) is 13.8. The first-order chi connectivity index (χ1) is 9.06. The zero-order valence-corrected chi connectivity index (χ0v) is 11.6.